The minimum Gasteiger partial charge on any atom is -0.339 e. The lowest BCUT2D eigenvalue weighted by Gasteiger charge is -2.30. The largest absolute Gasteiger partial charge is 0.339 e. The summed E-state index contributed by atoms with van der Waals surface area (Å²) in [7, 11) is 0. The average molecular weight is 370 g/mol. The molecule has 7 heteroatoms. The van der Waals surface area contributed by atoms with E-state index in [0.29, 0.717) is 31.7 Å². The monoisotopic (exact) mass is 369 g/mol. The van der Waals surface area contributed by atoms with Crippen LogP contribution in [0.3, 0.4) is 0 Å². The Labute approximate surface area is 153 Å². The summed E-state index contributed by atoms with van der Waals surface area (Å²) in [5, 5.41) is 0. The molecule has 1 heterocycles. The van der Waals surface area contributed by atoms with Crippen LogP contribution in [-0.4, -0.2) is 53.3 Å². The van der Waals surface area contributed by atoms with E-state index < -0.39 is 5.54 Å². The van der Waals surface area contributed by atoms with E-state index in [1.165, 1.54) is 24.3 Å². The van der Waals surface area contributed by atoms with Crippen LogP contribution < -0.4 is 5.73 Å². The van der Waals surface area contributed by atoms with Gasteiger partial charge in [-0.25, -0.2) is 4.39 Å². The molecule has 3 rings (SSSR count). The summed E-state index contributed by atoms with van der Waals surface area (Å²) in [6.07, 6.45) is 4.24. The fourth-order valence-corrected chi connectivity index (χ4v) is 3.63. The SMILES string of the molecule is Cl.NC1(C(=O)N2CCCN(C(=O)c3ccc(F)cc3)CC2)CCCC1. The average Bonchev–Trinajstić information content (AvgIpc) is 2.89. The second-order valence-corrected chi connectivity index (χ2v) is 6.81. The van der Waals surface area contributed by atoms with E-state index in [-0.39, 0.29) is 30.0 Å². The number of carbonyl (C=O) groups excluding carboxylic acids is 2. The molecule has 2 fully saturated rings. The number of halogens is 2. The minimum atomic E-state index is -0.712. The van der Waals surface area contributed by atoms with Crippen LogP contribution in [0.25, 0.3) is 0 Å². The van der Waals surface area contributed by atoms with Crippen molar-refractivity contribution in [3.05, 3.63) is 35.6 Å². The number of nitrogens with zero attached hydrogens (tertiary/aromatic N) is 2. The minimum absolute atomic E-state index is 0. The van der Waals surface area contributed by atoms with Crippen LogP contribution in [0.1, 0.15) is 42.5 Å². The van der Waals surface area contributed by atoms with Crippen LogP contribution in [0.5, 0.6) is 0 Å². The maximum atomic E-state index is 13.0. The molecule has 1 aliphatic carbocycles. The van der Waals surface area contributed by atoms with E-state index in [1.54, 1.807) is 4.90 Å². The molecule has 1 aliphatic heterocycles. The molecule has 1 aromatic rings. The highest BCUT2D eigenvalue weighted by molar-refractivity contribution is 5.94. The lowest BCUT2D eigenvalue weighted by atomic mass is 9.97. The van der Waals surface area contributed by atoms with Crippen molar-refractivity contribution in [2.24, 2.45) is 5.73 Å². The Kier molecular flexibility index (Phi) is 6.41. The molecule has 5 nitrogen and oxygen atoms in total. The van der Waals surface area contributed by atoms with Crippen LogP contribution in [0, 0.1) is 5.82 Å². The number of nitrogens with two attached hydrogens (primary N) is 1. The molecule has 2 aliphatic rings. The van der Waals surface area contributed by atoms with E-state index in [4.69, 9.17) is 5.73 Å². The van der Waals surface area contributed by atoms with Crippen molar-refractivity contribution in [2.75, 3.05) is 26.2 Å². The van der Waals surface area contributed by atoms with Crippen LogP contribution in [0.15, 0.2) is 24.3 Å². The van der Waals surface area contributed by atoms with Gasteiger partial charge in [0.25, 0.3) is 5.91 Å². The predicted octanol–water partition coefficient (Wildman–Crippen LogP) is 2.19. The zero-order valence-electron chi connectivity index (χ0n) is 14.2. The quantitative estimate of drug-likeness (QED) is 0.869. The van der Waals surface area contributed by atoms with Gasteiger partial charge in [-0.15, -0.1) is 12.4 Å². The summed E-state index contributed by atoms with van der Waals surface area (Å²) in [4.78, 5) is 28.8. The molecular formula is C18H25ClFN3O2. The number of amides is 2. The third-order valence-corrected chi connectivity index (χ3v) is 5.08. The van der Waals surface area contributed by atoms with Crippen LogP contribution >= 0.6 is 12.4 Å². The second-order valence-electron chi connectivity index (χ2n) is 6.81. The maximum absolute atomic E-state index is 13.0. The molecule has 1 saturated carbocycles. The molecule has 0 atom stereocenters. The highest BCUT2D eigenvalue weighted by atomic mass is 35.5. The maximum Gasteiger partial charge on any atom is 0.253 e. The van der Waals surface area contributed by atoms with Crippen molar-refractivity contribution in [3.8, 4) is 0 Å². The number of benzene rings is 1. The Hall–Kier alpha value is -1.66. The van der Waals surface area contributed by atoms with E-state index in [0.717, 1.165) is 32.1 Å². The first-order chi connectivity index (χ1) is 11.5. The van der Waals surface area contributed by atoms with Gasteiger partial charge in [0.2, 0.25) is 5.91 Å². The molecule has 0 radical (unpaired) electrons. The zero-order valence-corrected chi connectivity index (χ0v) is 15.1. The molecular weight excluding hydrogens is 345 g/mol. The standard InChI is InChI=1S/C18H24FN3O2.ClH/c19-15-6-4-14(5-7-15)16(23)21-10-3-11-22(13-12-21)17(24)18(20)8-1-2-9-18;/h4-7H,1-3,8-13,20H2;1H. The van der Waals surface area contributed by atoms with E-state index in [2.05, 4.69) is 0 Å². The third kappa shape index (κ3) is 4.30. The topological polar surface area (TPSA) is 66.6 Å². The van der Waals surface area contributed by atoms with Crippen LogP contribution in [0.2, 0.25) is 0 Å². The highest BCUT2D eigenvalue weighted by Crippen LogP contribution is 2.29. The molecule has 0 unspecified atom stereocenters. The van der Waals surface area contributed by atoms with Gasteiger partial charge in [0.05, 0.1) is 5.54 Å². The zero-order chi connectivity index (χ0) is 17.2. The van der Waals surface area contributed by atoms with Gasteiger partial charge in [0.15, 0.2) is 0 Å². The summed E-state index contributed by atoms with van der Waals surface area (Å²) in [5.41, 5.74) is 6.04. The van der Waals surface area contributed by atoms with Gasteiger partial charge in [-0.3, -0.25) is 9.59 Å². The molecule has 25 heavy (non-hydrogen) atoms. The summed E-state index contributed by atoms with van der Waals surface area (Å²) in [5.74, 6) is -0.451. The van der Waals surface area contributed by atoms with E-state index in [1.807, 2.05) is 4.90 Å². The number of carbonyl (C=O) groups is 2. The third-order valence-electron chi connectivity index (χ3n) is 5.08. The van der Waals surface area contributed by atoms with Crippen molar-refractivity contribution in [2.45, 2.75) is 37.6 Å². The fraction of sp³-hybridized carbons (Fsp3) is 0.556. The summed E-state index contributed by atoms with van der Waals surface area (Å²) < 4.78 is 13.0. The first kappa shape index (κ1) is 19.7. The Morgan fingerprint density at radius 1 is 0.920 bits per heavy atom. The number of hydrogen-bond donors (Lipinski definition) is 1. The lowest BCUT2D eigenvalue weighted by molar-refractivity contribution is -0.136. The Morgan fingerprint density at radius 2 is 1.48 bits per heavy atom. The molecule has 1 aromatic carbocycles. The molecule has 1 saturated heterocycles. The first-order valence-corrected chi connectivity index (χ1v) is 8.63. The summed E-state index contributed by atoms with van der Waals surface area (Å²) >= 11 is 0. The Bertz CT molecular complexity index is 617. The van der Waals surface area contributed by atoms with E-state index in [9.17, 15) is 14.0 Å². The van der Waals surface area contributed by atoms with Gasteiger partial charge in [0, 0.05) is 31.7 Å². The van der Waals surface area contributed by atoms with Crippen molar-refractivity contribution >= 4 is 24.2 Å². The van der Waals surface area contributed by atoms with Gasteiger partial charge in [-0.05, 0) is 43.5 Å². The predicted molar refractivity (Wildman–Crippen MR) is 96.1 cm³/mol. The molecule has 2 amide bonds. The highest BCUT2D eigenvalue weighted by Gasteiger charge is 2.40. The van der Waals surface area contributed by atoms with Gasteiger partial charge >= 0.3 is 0 Å². The molecule has 2 N–H and O–H groups in total. The van der Waals surface area contributed by atoms with Gasteiger partial charge in [0.1, 0.15) is 5.82 Å². The normalized spacial score (nSPS) is 19.9. The Morgan fingerprint density at radius 3 is 2.12 bits per heavy atom. The van der Waals surface area contributed by atoms with Crippen molar-refractivity contribution < 1.29 is 14.0 Å². The van der Waals surface area contributed by atoms with Crippen molar-refractivity contribution in [3.63, 3.8) is 0 Å². The lowest BCUT2D eigenvalue weighted by Crippen LogP contribution is -2.54. The van der Waals surface area contributed by atoms with Gasteiger partial charge in [-0.1, -0.05) is 12.8 Å². The van der Waals surface area contributed by atoms with Crippen LogP contribution in [0.4, 0.5) is 4.39 Å². The second kappa shape index (κ2) is 8.15. The van der Waals surface area contributed by atoms with Crippen molar-refractivity contribution in [1.82, 2.24) is 9.80 Å². The fourth-order valence-electron chi connectivity index (χ4n) is 3.63. The molecule has 0 aromatic heterocycles. The van der Waals surface area contributed by atoms with Crippen molar-refractivity contribution in [1.29, 1.82) is 0 Å². The number of hydrogen-bond acceptors (Lipinski definition) is 3. The van der Waals surface area contributed by atoms with Gasteiger partial charge < -0.3 is 15.5 Å². The number of rotatable bonds is 2. The summed E-state index contributed by atoms with van der Waals surface area (Å²) in [6.45, 7) is 2.21. The van der Waals surface area contributed by atoms with E-state index >= 15 is 0 Å². The molecule has 138 valence electrons. The van der Waals surface area contributed by atoms with Gasteiger partial charge in [-0.2, -0.15) is 0 Å². The molecule has 0 spiro atoms. The molecule has 0 bridgehead atoms. The van der Waals surface area contributed by atoms with Crippen LogP contribution in [-0.2, 0) is 4.79 Å². The first-order valence-electron chi connectivity index (χ1n) is 8.63. The summed E-state index contributed by atoms with van der Waals surface area (Å²) in [6, 6.07) is 5.58. The smallest absolute Gasteiger partial charge is 0.253 e. The Balaban J connectivity index is 0.00000225.